The number of unbranched alkanes of at least 4 members (excludes halogenated alkanes) is 1. The molecular formula is C31H30N6O2. The van der Waals surface area contributed by atoms with E-state index >= 15 is 0 Å². The Balaban J connectivity index is 0.993. The summed E-state index contributed by atoms with van der Waals surface area (Å²) in [6.45, 7) is 5.08. The molecule has 1 amide bonds. The molecule has 39 heavy (non-hydrogen) atoms. The summed E-state index contributed by atoms with van der Waals surface area (Å²) in [7, 11) is 0. The number of benzene rings is 2. The van der Waals surface area contributed by atoms with Crippen molar-refractivity contribution in [3.8, 4) is 6.07 Å². The molecule has 2 aromatic carbocycles. The van der Waals surface area contributed by atoms with Crippen LogP contribution in [0.15, 0.2) is 77.5 Å². The van der Waals surface area contributed by atoms with Gasteiger partial charge in [0.15, 0.2) is 5.76 Å². The van der Waals surface area contributed by atoms with Gasteiger partial charge < -0.3 is 19.6 Å². The molecule has 0 bridgehead atoms. The zero-order chi connectivity index (χ0) is 26.6. The van der Waals surface area contributed by atoms with Gasteiger partial charge in [-0.05, 0) is 86.0 Å². The monoisotopic (exact) mass is 518 g/mol. The normalized spacial score (nSPS) is 14.1. The standard InChI is InChI=1S/C31H30N6O2/c32-20-22-7-9-27-26(17-22)23(21-34-27)5-2-4-12-36-13-15-37(16-14-36)25-8-10-28-24(18-25)19-29(39-28)31(38)35-30-6-1-3-11-33-30/h1,3,6-11,17-19,21,34H,2,4-5,12-16H2,(H,33,35,38). The number of nitrogens with one attached hydrogen (secondary N) is 2. The van der Waals surface area contributed by atoms with E-state index in [1.54, 1.807) is 24.4 Å². The lowest BCUT2D eigenvalue weighted by atomic mass is 10.1. The lowest BCUT2D eigenvalue weighted by Crippen LogP contribution is -2.46. The Kier molecular flexibility index (Phi) is 6.98. The first kappa shape index (κ1) is 24.7. The number of H-pyrrole nitrogens is 1. The minimum Gasteiger partial charge on any atom is -0.451 e. The molecule has 4 heterocycles. The summed E-state index contributed by atoms with van der Waals surface area (Å²) in [6.07, 6.45) is 7.00. The van der Waals surface area contributed by atoms with E-state index in [-0.39, 0.29) is 11.7 Å². The minimum absolute atomic E-state index is 0.274. The highest BCUT2D eigenvalue weighted by molar-refractivity contribution is 6.04. The van der Waals surface area contributed by atoms with E-state index in [4.69, 9.17) is 4.42 Å². The number of amides is 1. The molecule has 0 atom stereocenters. The van der Waals surface area contributed by atoms with Crippen molar-refractivity contribution in [1.29, 1.82) is 5.26 Å². The van der Waals surface area contributed by atoms with Crippen LogP contribution in [0.5, 0.6) is 0 Å². The van der Waals surface area contributed by atoms with Gasteiger partial charge in [-0.3, -0.25) is 9.69 Å². The molecule has 0 unspecified atom stereocenters. The topological polar surface area (TPSA) is 101 Å². The van der Waals surface area contributed by atoms with Crippen molar-refractivity contribution in [3.05, 3.63) is 89.9 Å². The van der Waals surface area contributed by atoms with Crippen molar-refractivity contribution in [3.63, 3.8) is 0 Å². The maximum Gasteiger partial charge on any atom is 0.292 e. The number of piperazine rings is 1. The number of pyridine rings is 1. The Morgan fingerprint density at radius 2 is 1.95 bits per heavy atom. The molecule has 8 nitrogen and oxygen atoms in total. The zero-order valence-electron chi connectivity index (χ0n) is 21.7. The van der Waals surface area contributed by atoms with Crippen LogP contribution in [0, 0.1) is 11.3 Å². The summed E-state index contributed by atoms with van der Waals surface area (Å²) >= 11 is 0. The molecular weight excluding hydrogens is 488 g/mol. The average Bonchev–Trinajstić information content (AvgIpc) is 3.59. The molecule has 1 aliphatic rings. The third-order valence-electron chi connectivity index (χ3n) is 7.43. The molecule has 0 spiro atoms. The van der Waals surface area contributed by atoms with Gasteiger partial charge in [0.05, 0.1) is 11.6 Å². The van der Waals surface area contributed by atoms with E-state index in [9.17, 15) is 10.1 Å². The number of hydrogen-bond donors (Lipinski definition) is 2. The van der Waals surface area contributed by atoms with Gasteiger partial charge in [-0.25, -0.2) is 4.98 Å². The second-order valence-corrected chi connectivity index (χ2v) is 9.97. The van der Waals surface area contributed by atoms with Gasteiger partial charge >= 0.3 is 0 Å². The molecule has 0 aliphatic carbocycles. The molecule has 2 N–H and O–H groups in total. The number of nitrogens with zero attached hydrogens (tertiary/aromatic N) is 4. The summed E-state index contributed by atoms with van der Waals surface area (Å²) in [5.41, 5.74) is 4.94. The molecule has 1 saturated heterocycles. The molecule has 196 valence electrons. The SMILES string of the molecule is N#Cc1ccc2[nH]cc(CCCCN3CCN(c4ccc5oc(C(=O)Nc6ccccn6)cc5c4)CC3)c2c1. The number of furan rings is 1. The zero-order valence-corrected chi connectivity index (χ0v) is 21.7. The van der Waals surface area contributed by atoms with Crippen LogP contribution in [0.1, 0.15) is 34.5 Å². The first-order valence-corrected chi connectivity index (χ1v) is 13.4. The van der Waals surface area contributed by atoms with Crippen molar-refractivity contribution >= 4 is 39.3 Å². The molecule has 6 rings (SSSR count). The largest absolute Gasteiger partial charge is 0.451 e. The molecule has 8 heteroatoms. The fourth-order valence-electron chi connectivity index (χ4n) is 5.29. The smallest absolute Gasteiger partial charge is 0.292 e. The molecule has 3 aromatic heterocycles. The van der Waals surface area contributed by atoms with Gasteiger partial charge in [0, 0.05) is 60.5 Å². The molecule has 0 radical (unpaired) electrons. The van der Waals surface area contributed by atoms with Crippen molar-refractivity contribution in [2.24, 2.45) is 0 Å². The van der Waals surface area contributed by atoms with Crippen LogP contribution in [0.2, 0.25) is 0 Å². The predicted molar refractivity (Wildman–Crippen MR) is 153 cm³/mol. The average molecular weight is 519 g/mol. The number of nitriles is 1. The van der Waals surface area contributed by atoms with Crippen LogP contribution in [0.4, 0.5) is 11.5 Å². The van der Waals surface area contributed by atoms with Crippen molar-refractivity contribution in [2.75, 3.05) is 42.9 Å². The predicted octanol–water partition coefficient (Wildman–Crippen LogP) is 5.58. The maximum atomic E-state index is 12.6. The summed E-state index contributed by atoms with van der Waals surface area (Å²) in [5, 5.41) is 14.1. The van der Waals surface area contributed by atoms with E-state index in [1.165, 1.54) is 10.9 Å². The Bertz CT molecular complexity index is 1640. The molecule has 1 fully saturated rings. The lowest BCUT2D eigenvalue weighted by Gasteiger charge is -2.36. The van der Waals surface area contributed by atoms with Crippen LogP contribution >= 0.6 is 0 Å². The van der Waals surface area contributed by atoms with Crippen molar-refractivity contribution < 1.29 is 9.21 Å². The number of fused-ring (bicyclic) bond motifs is 2. The van der Waals surface area contributed by atoms with E-state index in [0.717, 1.165) is 68.6 Å². The highest BCUT2D eigenvalue weighted by atomic mass is 16.3. The van der Waals surface area contributed by atoms with Gasteiger partial charge in [-0.15, -0.1) is 0 Å². The number of carbonyl (C=O) groups is 1. The second-order valence-electron chi connectivity index (χ2n) is 9.97. The highest BCUT2D eigenvalue weighted by Gasteiger charge is 2.19. The molecule has 1 aliphatic heterocycles. The number of carbonyl (C=O) groups excluding carboxylic acids is 1. The second kappa shape index (κ2) is 11.0. The van der Waals surface area contributed by atoms with Gasteiger partial charge in [0.25, 0.3) is 5.91 Å². The summed E-state index contributed by atoms with van der Waals surface area (Å²) in [5.74, 6) is 0.459. The Labute approximate surface area is 226 Å². The number of rotatable bonds is 8. The first-order valence-electron chi connectivity index (χ1n) is 13.4. The third kappa shape index (κ3) is 5.49. The summed E-state index contributed by atoms with van der Waals surface area (Å²) < 4.78 is 5.80. The van der Waals surface area contributed by atoms with Crippen LogP contribution < -0.4 is 10.2 Å². The van der Waals surface area contributed by atoms with Crippen molar-refractivity contribution in [1.82, 2.24) is 14.9 Å². The Morgan fingerprint density at radius 1 is 1.05 bits per heavy atom. The maximum absolute atomic E-state index is 12.6. The first-order chi connectivity index (χ1) is 19.2. The Hall–Kier alpha value is -4.61. The molecule has 5 aromatic rings. The highest BCUT2D eigenvalue weighted by Crippen LogP contribution is 2.27. The van der Waals surface area contributed by atoms with Gasteiger partial charge in [-0.1, -0.05) is 6.07 Å². The van der Waals surface area contributed by atoms with Crippen LogP contribution in [0.25, 0.3) is 21.9 Å². The number of aromatic amines is 1. The van der Waals surface area contributed by atoms with E-state index in [2.05, 4.69) is 49.5 Å². The third-order valence-corrected chi connectivity index (χ3v) is 7.43. The number of aromatic nitrogens is 2. The van der Waals surface area contributed by atoms with Crippen LogP contribution in [0.3, 0.4) is 0 Å². The fourth-order valence-corrected chi connectivity index (χ4v) is 5.29. The number of aryl methyl sites for hydroxylation is 1. The minimum atomic E-state index is -0.309. The van der Waals surface area contributed by atoms with E-state index in [1.807, 2.05) is 30.3 Å². The fraction of sp³-hybridized carbons (Fsp3) is 0.258. The van der Waals surface area contributed by atoms with E-state index < -0.39 is 0 Å². The molecule has 0 saturated carbocycles. The number of anilines is 2. The van der Waals surface area contributed by atoms with Gasteiger partial charge in [-0.2, -0.15) is 5.26 Å². The Morgan fingerprint density at radius 3 is 2.77 bits per heavy atom. The quantitative estimate of drug-likeness (QED) is 0.260. The number of hydrogen-bond acceptors (Lipinski definition) is 6. The van der Waals surface area contributed by atoms with Crippen LogP contribution in [-0.2, 0) is 6.42 Å². The lowest BCUT2D eigenvalue weighted by molar-refractivity contribution is 0.0998. The van der Waals surface area contributed by atoms with Crippen molar-refractivity contribution in [2.45, 2.75) is 19.3 Å². The van der Waals surface area contributed by atoms with E-state index in [0.29, 0.717) is 17.0 Å². The van der Waals surface area contributed by atoms with Gasteiger partial charge in [0.2, 0.25) is 0 Å². The van der Waals surface area contributed by atoms with Gasteiger partial charge in [0.1, 0.15) is 11.4 Å². The van der Waals surface area contributed by atoms with Crippen LogP contribution in [-0.4, -0.2) is 53.5 Å². The summed E-state index contributed by atoms with van der Waals surface area (Å²) in [4.78, 5) is 25.0. The summed E-state index contributed by atoms with van der Waals surface area (Å²) in [6, 6.07) is 21.3.